The summed E-state index contributed by atoms with van der Waals surface area (Å²) in [4.78, 5) is 29.2. The summed E-state index contributed by atoms with van der Waals surface area (Å²) >= 11 is 0. The van der Waals surface area contributed by atoms with Gasteiger partial charge in [-0.25, -0.2) is 0 Å². The minimum atomic E-state index is -0.137. The quantitative estimate of drug-likeness (QED) is 0.886. The first-order valence-electron chi connectivity index (χ1n) is 7.72. The molecule has 2 aromatic rings. The highest BCUT2D eigenvalue weighted by Crippen LogP contribution is 2.21. The zero-order valence-electron chi connectivity index (χ0n) is 12.7. The van der Waals surface area contributed by atoms with Gasteiger partial charge >= 0.3 is 5.97 Å². The van der Waals surface area contributed by atoms with Gasteiger partial charge in [-0.2, -0.15) is 0 Å². The number of ether oxygens (including phenoxy) is 1. The Morgan fingerprint density at radius 3 is 2.77 bits per heavy atom. The van der Waals surface area contributed by atoms with Crippen molar-refractivity contribution >= 4 is 22.8 Å². The molecule has 1 saturated heterocycles. The van der Waals surface area contributed by atoms with Crippen LogP contribution in [0.2, 0.25) is 0 Å². The predicted octanol–water partition coefficient (Wildman–Crippen LogP) is 2.58. The predicted molar refractivity (Wildman–Crippen MR) is 83.6 cm³/mol. The number of nitrogens with zero attached hydrogens (tertiary/aromatic N) is 1. The number of hydrogen-bond donors (Lipinski definition) is 1. The molecule has 2 heterocycles. The summed E-state index contributed by atoms with van der Waals surface area (Å²) in [7, 11) is 0. The van der Waals surface area contributed by atoms with E-state index in [0.29, 0.717) is 38.1 Å². The van der Waals surface area contributed by atoms with Gasteiger partial charge in [0.1, 0.15) is 0 Å². The van der Waals surface area contributed by atoms with Gasteiger partial charge in [-0.1, -0.05) is 6.07 Å². The number of aromatic nitrogens is 1. The Kier molecular flexibility index (Phi) is 4.13. The highest BCUT2D eigenvalue weighted by atomic mass is 16.5. The second-order valence-corrected chi connectivity index (χ2v) is 5.60. The van der Waals surface area contributed by atoms with Gasteiger partial charge in [0.25, 0.3) is 5.91 Å². The van der Waals surface area contributed by atoms with Crippen LogP contribution < -0.4 is 0 Å². The summed E-state index contributed by atoms with van der Waals surface area (Å²) in [5.74, 6) is -0.184. The summed E-state index contributed by atoms with van der Waals surface area (Å²) < 4.78 is 5.05. The normalized spacial score (nSPS) is 16.0. The maximum Gasteiger partial charge on any atom is 0.309 e. The Labute approximate surface area is 129 Å². The van der Waals surface area contributed by atoms with Crippen LogP contribution in [-0.2, 0) is 9.53 Å². The largest absolute Gasteiger partial charge is 0.466 e. The molecule has 1 aliphatic rings. The maximum absolute atomic E-state index is 12.6. The van der Waals surface area contributed by atoms with Crippen molar-refractivity contribution in [1.29, 1.82) is 0 Å². The van der Waals surface area contributed by atoms with Crippen molar-refractivity contribution in [2.75, 3.05) is 19.7 Å². The molecule has 0 atom stereocenters. The summed E-state index contributed by atoms with van der Waals surface area (Å²) in [6.45, 7) is 3.43. The molecule has 1 aromatic carbocycles. The molecular formula is C17H20N2O3. The van der Waals surface area contributed by atoms with Crippen LogP contribution in [0.5, 0.6) is 0 Å². The lowest BCUT2D eigenvalue weighted by Gasteiger charge is -2.31. The first-order valence-corrected chi connectivity index (χ1v) is 7.72. The standard InChI is InChI=1S/C17H20N2O3/c1-2-22-17(21)13-6-9-19(10-7-13)16(20)14-4-3-12-5-8-18-15(12)11-14/h3-5,8,11,13,18H,2,6-7,9-10H2,1H3. The van der Waals surface area contributed by atoms with Crippen LogP contribution in [0.1, 0.15) is 30.1 Å². The van der Waals surface area contributed by atoms with Crippen LogP contribution in [0.15, 0.2) is 30.5 Å². The first-order chi connectivity index (χ1) is 10.7. The van der Waals surface area contributed by atoms with E-state index in [2.05, 4.69) is 4.98 Å². The fourth-order valence-corrected chi connectivity index (χ4v) is 2.94. The molecular weight excluding hydrogens is 280 g/mol. The number of fused-ring (bicyclic) bond motifs is 1. The minimum Gasteiger partial charge on any atom is -0.466 e. The van der Waals surface area contributed by atoms with Crippen molar-refractivity contribution in [2.45, 2.75) is 19.8 Å². The lowest BCUT2D eigenvalue weighted by molar-refractivity contribution is -0.149. The molecule has 0 bridgehead atoms. The molecule has 0 aliphatic carbocycles. The zero-order valence-corrected chi connectivity index (χ0v) is 12.7. The Morgan fingerprint density at radius 1 is 1.27 bits per heavy atom. The average Bonchev–Trinajstić information content (AvgIpc) is 3.02. The van der Waals surface area contributed by atoms with Gasteiger partial charge in [-0.3, -0.25) is 9.59 Å². The molecule has 1 fully saturated rings. The molecule has 1 aliphatic heterocycles. The SMILES string of the molecule is CCOC(=O)C1CCN(C(=O)c2ccc3cc[nH]c3c2)CC1. The molecule has 1 N–H and O–H groups in total. The monoisotopic (exact) mass is 300 g/mol. The van der Waals surface area contributed by atoms with Gasteiger partial charge in [-0.15, -0.1) is 0 Å². The second-order valence-electron chi connectivity index (χ2n) is 5.60. The number of amides is 1. The second kappa shape index (κ2) is 6.22. The molecule has 1 amide bonds. The third kappa shape index (κ3) is 2.84. The molecule has 0 saturated carbocycles. The average molecular weight is 300 g/mol. The smallest absolute Gasteiger partial charge is 0.309 e. The van der Waals surface area contributed by atoms with E-state index in [1.165, 1.54) is 0 Å². The molecule has 1 aromatic heterocycles. The van der Waals surface area contributed by atoms with Gasteiger partial charge in [0.15, 0.2) is 0 Å². The maximum atomic E-state index is 12.6. The van der Waals surface area contributed by atoms with Gasteiger partial charge < -0.3 is 14.6 Å². The Bertz CT molecular complexity index is 684. The molecule has 0 radical (unpaired) electrons. The van der Waals surface area contributed by atoms with E-state index >= 15 is 0 Å². The van der Waals surface area contributed by atoms with Gasteiger partial charge in [0.2, 0.25) is 0 Å². The lowest BCUT2D eigenvalue weighted by atomic mass is 9.96. The number of benzene rings is 1. The number of carbonyl (C=O) groups excluding carboxylic acids is 2. The van der Waals surface area contributed by atoms with Crippen LogP contribution in [0, 0.1) is 5.92 Å². The summed E-state index contributed by atoms with van der Waals surface area (Å²) in [6, 6.07) is 7.67. The number of hydrogen-bond acceptors (Lipinski definition) is 3. The van der Waals surface area contributed by atoms with Crippen LogP contribution in [0.3, 0.4) is 0 Å². The minimum absolute atomic E-state index is 0.0267. The van der Waals surface area contributed by atoms with E-state index in [9.17, 15) is 9.59 Å². The topological polar surface area (TPSA) is 62.4 Å². The number of esters is 1. The lowest BCUT2D eigenvalue weighted by Crippen LogP contribution is -2.40. The number of piperidine rings is 1. The third-order valence-corrected chi connectivity index (χ3v) is 4.20. The van der Waals surface area contributed by atoms with Crippen molar-refractivity contribution in [3.8, 4) is 0 Å². The van der Waals surface area contributed by atoms with Crippen molar-refractivity contribution in [3.63, 3.8) is 0 Å². The van der Waals surface area contributed by atoms with E-state index < -0.39 is 0 Å². The fourth-order valence-electron chi connectivity index (χ4n) is 2.94. The van der Waals surface area contributed by atoms with E-state index in [-0.39, 0.29) is 17.8 Å². The van der Waals surface area contributed by atoms with E-state index in [1.54, 1.807) is 0 Å². The van der Waals surface area contributed by atoms with E-state index in [1.807, 2.05) is 42.3 Å². The number of rotatable bonds is 3. The Hall–Kier alpha value is -2.30. The van der Waals surface area contributed by atoms with E-state index in [0.717, 1.165) is 10.9 Å². The highest BCUT2D eigenvalue weighted by molar-refractivity contribution is 5.98. The van der Waals surface area contributed by atoms with Crippen LogP contribution >= 0.6 is 0 Å². The molecule has 5 heteroatoms. The highest BCUT2D eigenvalue weighted by Gasteiger charge is 2.28. The Morgan fingerprint density at radius 2 is 2.05 bits per heavy atom. The summed E-state index contributed by atoms with van der Waals surface area (Å²) in [6.07, 6.45) is 3.22. The number of likely N-dealkylation sites (tertiary alicyclic amines) is 1. The zero-order chi connectivity index (χ0) is 15.5. The summed E-state index contributed by atoms with van der Waals surface area (Å²) in [5, 5.41) is 1.09. The Balaban J connectivity index is 1.65. The molecule has 116 valence electrons. The van der Waals surface area contributed by atoms with Crippen molar-refractivity contribution in [2.24, 2.45) is 5.92 Å². The first kappa shape index (κ1) is 14.6. The van der Waals surface area contributed by atoms with Crippen LogP contribution in [0.25, 0.3) is 10.9 Å². The molecule has 3 rings (SSSR count). The van der Waals surface area contributed by atoms with Crippen molar-refractivity contribution < 1.29 is 14.3 Å². The van der Waals surface area contributed by atoms with Gasteiger partial charge in [-0.05, 0) is 43.4 Å². The molecule has 5 nitrogen and oxygen atoms in total. The molecule has 22 heavy (non-hydrogen) atoms. The van der Waals surface area contributed by atoms with Crippen LogP contribution in [-0.4, -0.2) is 41.5 Å². The molecule has 0 spiro atoms. The fraction of sp³-hybridized carbons (Fsp3) is 0.412. The van der Waals surface area contributed by atoms with Crippen LogP contribution in [0.4, 0.5) is 0 Å². The third-order valence-electron chi connectivity index (χ3n) is 4.20. The number of H-pyrrole nitrogens is 1. The van der Waals surface area contributed by atoms with Gasteiger partial charge in [0, 0.05) is 30.4 Å². The van der Waals surface area contributed by atoms with E-state index in [4.69, 9.17) is 4.74 Å². The number of carbonyl (C=O) groups is 2. The number of nitrogens with one attached hydrogen (secondary N) is 1. The van der Waals surface area contributed by atoms with Gasteiger partial charge in [0.05, 0.1) is 12.5 Å². The summed E-state index contributed by atoms with van der Waals surface area (Å²) in [5.41, 5.74) is 1.65. The van der Waals surface area contributed by atoms with Crippen molar-refractivity contribution in [3.05, 3.63) is 36.0 Å². The van der Waals surface area contributed by atoms with Crippen molar-refractivity contribution in [1.82, 2.24) is 9.88 Å². The number of aromatic amines is 1. The molecule has 0 unspecified atom stereocenters.